The summed E-state index contributed by atoms with van der Waals surface area (Å²) in [6, 6.07) is 16.7. The number of rotatable bonds is 5. The summed E-state index contributed by atoms with van der Waals surface area (Å²) >= 11 is 0. The highest BCUT2D eigenvalue weighted by atomic mass is 19.1. The minimum Gasteiger partial charge on any atom is -0.393 e. The van der Waals surface area contributed by atoms with Crippen LogP contribution in [0.3, 0.4) is 0 Å². The van der Waals surface area contributed by atoms with Gasteiger partial charge in [-0.25, -0.2) is 9.37 Å². The second-order valence-electron chi connectivity index (χ2n) is 5.94. The molecule has 5 N–H and O–H groups in total. The van der Waals surface area contributed by atoms with E-state index in [-0.39, 0.29) is 11.5 Å². The molecule has 6 heteroatoms. The van der Waals surface area contributed by atoms with Crippen LogP contribution in [0.1, 0.15) is 23.6 Å². The summed E-state index contributed by atoms with van der Waals surface area (Å²) < 4.78 is 13.0. The Morgan fingerprint density at radius 2 is 1.42 bits per heavy atom. The molecule has 0 aliphatic rings. The van der Waals surface area contributed by atoms with Crippen LogP contribution >= 0.6 is 0 Å². The number of aliphatic hydroxyl groups is 3. The fraction of sp³-hybridized carbons (Fsp3) is 0.150. The van der Waals surface area contributed by atoms with E-state index >= 15 is 0 Å². The monoisotopic (exact) mass is 354 g/mol. The molecule has 0 radical (unpaired) electrons. The first-order chi connectivity index (χ1) is 12.5. The van der Waals surface area contributed by atoms with Gasteiger partial charge in [-0.2, -0.15) is 0 Å². The molecule has 0 saturated carbocycles. The smallest absolute Gasteiger partial charge is 0.145 e. The zero-order valence-corrected chi connectivity index (χ0v) is 13.9. The van der Waals surface area contributed by atoms with Gasteiger partial charge < -0.3 is 21.1 Å². The van der Waals surface area contributed by atoms with E-state index in [9.17, 15) is 19.7 Å². The standard InChI is InChI=1S/C20H19FN2O3/c21-16-7-5-13(6-8-16)12-1-3-14(4-2-12)17-9-15(19(25)11-24)10-18(23-17)20(22)26/h1-10,19-20,24-26H,11,22H2/t19-,20?/m0/s1. The molecule has 1 aromatic heterocycles. The number of pyridine rings is 1. The van der Waals surface area contributed by atoms with Gasteiger partial charge in [-0.15, -0.1) is 0 Å². The van der Waals surface area contributed by atoms with E-state index in [1.54, 1.807) is 18.2 Å². The molecule has 26 heavy (non-hydrogen) atoms. The molecule has 5 nitrogen and oxygen atoms in total. The molecule has 0 amide bonds. The molecule has 3 rings (SSSR count). The van der Waals surface area contributed by atoms with Crippen LogP contribution < -0.4 is 5.73 Å². The predicted octanol–water partition coefficient (Wildman–Crippen LogP) is 2.53. The van der Waals surface area contributed by atoms with Gasteiger partial charge in [0.15, 0.2) is 0 Å². The molecule has 1 heterocycles. The average molecular weight is 354 g/mol. The van der Waals surface area contributed by atoms with Gasteiger partial charge in [0, 0.05) is 5.56 Å². The first-order valence-corrected chi connectivity index (χ1v) is 8.09. The minimum atomic E-state index is -1.29. The van der Waals surface area contributed by atoms with Crippen molar-refractivity contribution in [3.63, 3.8) is 0 Å². The van der Waals surface area contributed by atoms with Crippen LogP contribution in [0.25, 0.3) is 22.4 Å². The lowest BCUT2D eigenvalue weighted by Crippen LogP contribution is -2.13. The first-order valence-electron chi connectivity index (χ1n) is 8.09. The van der Waals surface area contributed by atoms with Crippen LogP contribution in [0.4, 0.5) is 4.39 Å². The largest absolute Gasteiger partial charge is 0.393 e. The van der Waals surface area contributed by atoms with Crippen molar-refractivity contribution in [2.24, 2.45) is 5.73 Å². The number of aromatic nitrogens is 1. The van der Waals surface area contributed by atoms with E-state index in [4.69, 9.17) is 5.73 Å². The van der Waals surface area contributed by atoms with Crippen molar-refractivity contribution in [2.45, 2.75) is 12.3 Å². The summed E-state index contributed by atoms with van der Waals surface area (Å²) in [5.74, 6) is -0.290. The molecule has 0 fully saturated rings. The predicted molar refractivity (Wildman–Crippen MR) is 96.3 cm³/mol. The molecule has 1 unspecified atom stereocenters. The summed E-state index contributed by atoms with van der Waals surface area (Å²) in [6.07, 6.45) is -2.38. The van der Waals surface area contributed by atoms with Gasteiger partial charge in [0.2, 0.25) is 0 Å². The summed E-state index contributed by atoms with van der Waals surface area (Å²) in [4.78, 5) is 4.32. The lowest BCUT2D eigenvalue weighted by atomic mass is 10.0. The fourth-order valence-electron chi connectivity index (χ4n) is 2.65. The van der Waals surface area contributed by atoms with Crippen molar-refractivity contribution in [1.29, 1.82) is 0 Å². The Labute approximate surface area is 150 Å². The second kappa shape index (κ2) is 7.72. The van der Waals surface area contributed by atoms with Crippen molar-refractivity contribution >= 4 is 0 Å². The Morgan fingerprint density at radius 3 is 1.96 bits per heavy atom. The van der Waals surface area contributed by atoms with Crippen molar-refractivity contribution in [2.75, 3.05) is 6.61 Å². The molecule has 0 aliphatic heterocycles. The number of nitrogens with zero attached hydrogens (tertiary/aromatic N) is 1. The highest BCUT2D eigenvalue weighted by molar-refractivity contribution is 5.69. The number of benzene rings is 2. The summed E-state index contributed by atoms with van der Waals surface area (Å²) in [7, 11) is 0. The zero-order chi connectivity index (χ0) is 18.7. The number of halogens is 1. The van der Waals surface area contributed by atoms with E-state index in [1.807, 2.05) is 24.3 Å². The fourth-order valence-corrected chi connectivity index (χ4v) is 2.65. The van der Waals surface area contributed by atoms with E-state index in [2.05, 4.69) is 4.98 Å². The Kier molecular flexibility index (Phi) is 5.39. The summed E-state index contributed by atoms with van der Waals surface area (Å²) in [5, 5.41) is 28.7. The normalized spacial score (nSPS) is 13.4. The van der Waals surface area contributed by atoms with Gasteiger partial charge in [0.25, 0.3) is 0 Å². The molecule has 0 saturated heterocycles. The Balaban J connectivity index is 1.97. The minimum absolute atomic E-state index is 0.201. The molecule has 2 aromatic carbocycles. The van der Waals surface area contributed by atoms with E-state index in [0.29, 0.717) is 11.3 Å². The molecule has 2 atom stereocenters. The van der Waals surface area contributed by atoms with Gasteiger partial charge in [0.05, 0.1) is 18.0 Å². The zero-order valence-electron chi connectivity index (χ0n) is 13.9. The van der Waals surface area contributed by atoms with Gasteiger partial charge in [-0.05, 0) is 41.0 Å². The summed E-state index contributed by atoms with van der Waals surface area (Å²) in [6.45, 7) is -0.451. The van der Waals surface area contributed by atoms with Gasteiger partial charge in [0.1, 0.15) is 18.1 Å². The third kappa shape index (κ3) is 3.95. The summed E-state index contributed by atoms with van der Waals surface area (Å²) in [5.41, 5.74) is 9.19. The number of hydrogen-bond acceptors (Lipinski definition) is 5. The number of nitrogens with two attached hydrogens (primary N) is 1. The molecule has 0 spiro atoms. The number of aliphatic hydroxyl groups excluding tert-OH is 3. The quantitative estimate of drug-likeness (QED) is 0.528. The highest BCUT2D eigenvalue weighted by Gasteiger charge is 2.14. The van der Waals surface area contributed by atoms with Gasteiger partial charge in [-0.3, -0.25) is 0 Å². The van der Waals surface area contributed by atoms with Crippen molar-refractivity contribution in [3.8, 4) is 22.4 Å². The van der Waals surface area contributed by atoms with Crippen LogP contribution in [0.2, 0.25) is 0 Å². The number of hydrogen-bond donors (Lipinski definition) is 4. The van der Waals surface area contributed by atoms with E-state index < -0.39 is 18.9 Å². The van der Waals surface area contributed by atoms with Crippen molar-refractivity contribution < 1.29 is 19.7 Å². The van der Waals surface area contributed by atoms with Crippen molar-refractivity contribution in [3.05, 3.63) is 77.7 Å². The van der Waals surface area contributed by atoms with Gasteiger partial charge >= 0.3 is 0 Å². The second-order valence-corrected chi connectivity index (χ2v) is 5.94. The van der Waals surface area contributed by atoms with E-state index in [0.717, 1.165) is 16.7 Å². The average Bonchev–Trinajstić information content (AvgIpc) is 2.67. The van der Waals surface area contributed by atoms with Crippen LogP contribution in [-0.2, 0) is 0 Å². The lowest BCUT2D eigenvalue weighted by Gasteiger charge is -2.14. The van der Waals surface area contributed by atoms with Crippen LogP contribution in [0.5, 0.6) is 0 Å². The third-order valence-corrected chi connectivity index (χ3v) is 4.09. The van der Waals surface area contributed by atoms with Crippen LogP contribution in [-0.4, -0.2) is 26.9 Å². The van der Waals surface area contributed by atoms with Gasteiger partial charge in [-0.1, -0.05) is 36.4 Å². The van der Waals surface area contributed by atoms with E-state index in [1.165, 1.54) is 18.2 Å². The maximum absolute atomic E-state index is 13.0. The first kappa shape index (κ1) is 18.2. The lowest BCUT2D eigenvalue weighted by molar-refractivity contribution is 0.0951. The maximum atomic E-state index is 13.0. The molecule has 3 aromatic rings. The Hall–Kier alpha value is -2.64. The molecule has 0 aliphatic carbocycles. The molecule has 0 bridgehead atoms. The Morgan fingerprint density at radius 1 is 0.885 bits per heavy atom. The molecule has 134 valence electrons. The highest BCUT2D eigenvalue weighted by Crippen LogP contribution is 2.27. The molecular formula is C20H19FN2O3. The maximum Gasteiger partial charge on any atom is 0.145 e. The van der Waals surface area contributed by atoms with Crippen LogP contribution in [0, 0.1) is 5.82 Å². The van der Waals surface area contributed by atoms with Crippen LogP contribution in [0.15, 0.2) is 60.7 Å². The topological polar surface area (TPSA) is 99.6 Å². The van der Waals surface area contributed by atoms with Crippen molar-refractivity contribution in [1.82, 2.24) is 4.98 Å². The Bertz CT molecular complexity index is 881. The molecular weight excluding hydrogens is 335 g/mol. The third-order valence-electron chi connectivity index (χ3n) is 4.09. The SMILES string of the molecule is NC(O)c1cc([C@@H](O)CO)cc(-c2ccc(-c3ccc(F)cc3)cc2)n1.